The van der Waals surface area contributed by atoms with E-state index in [4.69, 9.17) is 16.7 Å². The van der Waals surface area contributed by atoms with Crippen LogP contribution in [0.25, 0.3) is 0 Å². The van der Waals surface area contributed by atoms with E-state index in [0.717, 1.165) is 37.7 Å². The van der Waals surface area contributed by atoms with Gasteiger partial charge in [0, 0.05) is 11.6 Å². The minimum atomic E-state index is -0.907. The zero-order chi connectivity index (χ0) is 15.3. The molecule has 0 aliphatic heterocycles. The van der Waals surface area contributed by atoms with Crippen molar-refractivity contribution in [3.05, 3.63) is 34.9 Å². The van der Waals surface area contributed by atoms with Crippen LogP contribution in [-0.4, -0.2) is 23.5 Å². The lowest BCUT2D eigenvalue weighted by atomic mass is 9.68. The Labute approximate surface area is 129 Å². The van der Waals surface area contributed by atoms with Gasteiger partial charge in [0.05, 0.1) is 11.8 Å². The predicted octanol–water partition coefficient (Wildman–Crippen LogP) is 3.13. The van der Waals surface area contributed by atoms with Crippen LogP contribution in [0.3, 0.4) is 0 Å². The monoisotopic (exact) mass is 309 g/mol. The number of halogens is 1. The first-order valence-corrected chi connectivity index (χ1v) is 7.68. The summed E-state index contributed by atoms with van der Waals surface area (Å²) in [5, 5.41) is 12.1. The molecular formula is C16H20ClNO3. The first-order chi connectivity index (χ1) is 10.0. The highest BCUT2D eigenvalue weighted by Gasteiger charge is 2.40. The van der Waals surface area contributed by atoms with Crippen molar-refractivity contribution < 1.29 is 14.7 Å². The Bertz CT molecular complexity index is 524. The van der Waals surface area contributed by atoms with Crippen molar-refractivity contribution in [3.63, 3.8) is 0 Å². The number of hydrogen-bond donors (Lipinski definition) is 2. The van der Waals surface area contributed by atoms with Crippen LogP contribution in [0.1, 0.15) is 44.1 Å². The molecule has 1 aliphatic carbocycles. The summed E-state index contributed by atoms with van der Waals surface area (Å²) in [6, 6.07) is 7.44. The molecular weight excluding hydrogens is 290 g/mol. The third-order valence-electron chi connectivity index (χ3n) is 4.14. The van der Waals surface area contributed by atoms with Gasteiger partial charge in [-0.3, -0.25) is 9.59 Å². The zero-order valence-electron chi connectivity index (χ0n) is 11.9. The van der Waals surface area contributed by atoms with Crippen molar-refractivity contribution in [2.45, 2.75) is 43.9 Å². The second-order valence-electron chi connectivity index (χ2n) is 5.55. The molecule has 21 heavy (non-hydrogen) atoms. The molecule has 0 atom stereocenters. The van der Waals surface area contributed by atoms with Crippen molar-refractivity contribution in [2.24, 2.45) is 0 Å². The Kier molecular flexibility index (Phi) is 5.23. The van der Waals surface area contributed by atoms with Crippen molar-refractivity contribution in [1.82, 2.24) is 5.32 Å². The maximum absolute atomic E-state index is 12.7. The van der Waals surface area contributed by atoms with Crippen LogP contribution in [0.4, 0.5) is 0 Å². The van der Waals surface area contributed by atoms with E-state index in [1.807, 2.05) is 18.2 Å². The summed E-state index contributed by atoms with van der Waals surface area (Å²) >= 11 is 6.07. The van der Waals surface area contributed by atoms with Crippen LogP contribution in [0, 0.1) is 0 Å². The van der Waals surface area contributed by atoms with Crippen molar-refractivity contribution in [1.29, 1.82) is 0 Å². The van der Waals surface area contributed by atoms with Gasteiger partial charge in [0.25, 0.3) is 0 Å². The van der Waals surface area contributed by atoms with Crippen molar-refractivity contribution >= 4 is 23.5 Å². The minimum absolute atomic E-state index is 0.0582. The van der Waals surface area contributed by atoms with E-state index < -0.39 is 11.4 Å². The lowest BCUT2D eigenvalue weighted by molar-refractivity contribution is -0.137. The third-order valence-corrected chi connectivity index (χ3v) is 4.38. The molecule has 0 saturated heterocycles. The van der Waals surface area contributed by atoms with Gasteiger partial charge in [0.1, 0.15) is 0 Å². The van der Waals surface area contributed by atoms with Gasteiger partial charge in [-0.15, -0.1) is 0 Å². The van der Waals surface area contributed by atoms with Crippen LogP contribution in [0.5, 0.6) is 0 Å². The summed E-state index contributed by atoms with van der Waals surface area (Å²) in [5.74, 6) is -0.985. The molecule has 0 heterocycles. The Hall–Kier alpha value is -1.55. The molecule has 1 aliphatic rings. The SMILES string of the molecule is O=C(O)CCNC(=O)C1(c2cccc(Cl)c2)CCCCC1. The lowest BCUT2D eigenvalue weighted by Gasteiger charge is -2.36. The first kappa shape index (κ1) is 15.8. The van der Waals surface area contributed by atoms with E-state index in [0.29, 0.717) is 5.02 Å². The third kappa shape index (κ3) is 3.76. The van der Waals surface area contributed by atoms with Gasteiger partial charge in [-0.2, -0.15) is 0 Å². The molecule has 1 aromatic rings. The molecule has 0 radical (unpaired) electrons. The van der Waals surface area contributed by atoms with Gasteiger partial charge in [0.2, 0.25) is 5.91 Å². The average molecular weight is 310 g/mol. The Morgan fingerprint density at radius 2 is 1.95 bits per heavy atom. The summed E-state index contributed by atoms with van der Waals surface area (Å²) in [7, 11) is 0. The van der Waals surface area contributed by atoms with E-state index in [2.05, 4.69) is 5.32 Å². The summed E-state index contributed by atoms with van der Waals surface area (Å²) in [5.41, 5.74) is 0.365. The van der Waals surface area contributed by atoms with E-state index in [-0.39, 0.29) is 18.9 Å². The topological polar surface area (TPSA) is 66.4 Å². The van der Waals surface area contributed by atoms with Crippen LogP contribution < -0.4 is 5.32 Å². The number of aliphatic carboxylic acids is 1. The molecule has 1 saturated carbocycles. The van der Waals surface area contributed by atoms with Crippen molar-refractivity contribution in [3.8, 4) is 0 Å². The number of amides is 1. The zero-order valence-corrected chi connectivity index (χ0v) is 12.7. The van der Waals surface area contributed by atoms with Crippen LogP contribution in [0.15, 0.2) is 24.3 Å². The summed E-state index contributed by atoms with van der Waals surface area (Å²) in [6.07, 6.45) is 4.64. The molecule has 0 spiro atoms. The molecule has 1 aromatic carbocycles. The van der Waals surface area contributed by atoms with Gasteiger partial charge in [0.15, 0.2) is 0 Å². The molecule has 0 unspecified atom stereocenters. The predicted molar refractivity (Wildman–Crippen MR) is 81.5 cm³/mol. The highest BCUT2D eigenvalue weighted by atomic mass is 35.5. The maximum Gasteiger partial charge on any atom is 0.305 e. The second kappa shape index (κ2) is 6.94. The number of carbonyl (C=O) groups excluding carboxylic acids is 1. The van der Waals surface area contributed by atoms with E-state index in [1.165, 1.54) is 0 Å². The Morgan fingerprint density at radius 1 is 1.24 bits per heavy atom. The van der Waals surface area contributed by atoms with E-state index >= 15 is 0 Å². The fraction of sp³-hybridized carbons (Fsp3) is 0.500. The van der Waals surface area contributed by atoms with Crippen LogP contribution in [0.2, 0.25) is 5.02 Å². The molecule has 2 N–H and O–H groups in total. The molecule has 1 amide bonds. The van der Waals surface area contributed by atoms with E-state index in [1.54, 1.807) is 6.07 Å². The number of carboxylic acid groups (broad SMARTS) is 1. The number of rotatable bonds is 5. The summed E-state index contributed by atoms with van der Waals surface area (Å²) in [4.78, 5) is 23.2. The molecule has 0 aromatic heterocycles. The van der Waals surface area contributed by atoms with Gasteiger partial charge >= 0.3 is 5.97 Å². The van der Waals surface area contributed by atoms with Crippen LogP contribution >= 0.6 is 11.6 Å². The van der Waals surface area contributed by atoms with Gasteiger partial charge < -0.3 is 10.4 Å². The number of benzene rings is 1. The first-order valence-electron chi connectivity index (χ1n) is 7.31. The summed E-state index contributed by atoms with van der Waals surface area (Å²) in [6.45, 7) is 0.163. The quantitative estimate of drug-likeness (QED) is 0.878. The Morgan fingerprint density at radius 3 is 2.57 bits per heavy atom. The normalized spacial score (nSPS) is 17.2. The van der Waals surface area contributed by atoms with Gasteiger partial charge in [-0.05, 0) is 30.5 Å². The highest BCUT2D eigenvalue weighted by molar-refractivity contribution is 6.30. The number of hydrogen-bond acceptors (Lipinski definition) is 2. The average Bonchev–Trinajstić information content (AvgIpc) is 2.47. The van der Waals surface area contributed by atoms with Crippen molar-refractivity contribution in [2.75, 3.05) is 6.54 Å². The number of nitrogens with one attached hydrogen (secondary N) is 1. The molecule has 0 bridgehead atoms. The molecule has 1 fully saturated rings. The van der Waals surface area contributed by atoms with Gasteiger partial charge in [-0.1, -0.05) is 43.0 Å². The fourth-order valence-electron chi connectivity index (χ4n) is 3.04. The molecule has 5 heteroatoms. The standard InChI is InChI=1S/C16H20ClNO3/c17-13-6-4-5-12(11-13)16(8-2-1-3-9-16)15(21)18-10-7-14(19)20/h4-6,11H,1-3,7-10H2,(H,18,21)(H,19,20). The smallest absolute Gasteiger partial charge is 0.305 e. The fourth-order valence-corrected chi connectivity index (χ4v) is 3.23. The number of carboxylic acids is 1. The molecule has 2 rings (SSSR count). The second-order valence-corrected chi connectivity index (χ2v) is 5.99. The molecule has 114 valence electrons. The number of carbonyl (C=O) groups is 2. The summed E-state index contributed by atoms with van der Waals surface area (Å²) < 4.78 is 0. The van der Waals surface area contributed by atoms with Crippen LogP contribution in [-0.2, 0) is 15.0 Å². The maximum atomic E-state index is 12.7. The lowest BCUT2D eigenvalue weighted by Crippen LogP contribution is -2.46. The Balaban J connectivity index is 2.20. The highest BCUT2D eigenvalue weighted by Crippen LogP contribution is 2.40. The largest absolute Gasteiger partial charge is 0.481 e. The minimum Gasteiger partial charge on any atom is -0.481 e. The van der Waals surface area contributed by atoms with Gasteiger partial charge in [-0.25, -0.2) is 0 Å². The molecule has 4 nitrogen and oxygen atoms in total. The van der Waals surface area contributed by atoms with E-state index in [9.17, 15) is 9.59 Å².